The zero-order valence-electron chi connectivity index (χ0n) is 15.0. The van der Waals surface area contributed by atoms with E-state index in [0.29, 0.717) is 0 Å². The van der Waals surface area contributed by atoms with Crippen LogP contribution in [0.1, 0.15) is 22.4 Å². The van der Waals surface area contributed by atoms with Crippen LogP contribution in [0.15, 0.2) is 102 Å². The van der Waals surface area contributed by atoms with Crippen molar-refractivity contribution >= 4 is 6.21 Å². The third kappa shape index (κ3) is 2.87. The van der Waals surface area contributed by atoms with Crippen molar-refractivity contribution in [2.75, 3.05) is 0 Å². The average molecular weight is 371 g/mol. The van der Waals surface area contributed by atoms with Crippen LogP contribution in [0.2, 0.25) is 0 Å². The molecule has 0 saturated heterocycles. The molecule has 0 aliphatic heterocycles. The first-order valence-electron chi connectivity index (χ1n) is 8.86. The van der Waals surface area contributed by atoms with E-state index in [1.54, 1.807) is 6.20 Å². The molecule has 0 unspecified atom stereocenters. The van der Waals surface area contributed by atoms with Crippen molar-refractivity contribution < 1.29 is 9.60 Å². The van der Waals surface area contributed by atoms with Crippen LogP contribution in [0, 0.1) is 6.08 Å². The molecule has 5 heteroatoms. The van der Waals surface area contributed by atoms with Crippen LogP contribution < -0.4 is 0 Å². The van der Waals surface area contributed by atoms with Gasteiger partial charge < -0.3 is 5.21 Å². The fraction of sp³-hybridized carbons (Fsp3) is 0.0435. The van der Waals surface area contributed by atoms with Crippen molar-refractivity contribution in [2.45, 2.75) is 5.54 Å². The van der Waals surface area contributed by atoms with E-state index in [9.17, 15) is 0 Å². The van der Waals surface area contributed by atoms with E-state index in [0.717, 1.165) is 22.9 Å². The van der Waals surface area contributed by atoms with E-state index in [4.69, 9.17) is 5.21 Å². The third-order valence-electron chi connectivity index (χ3n) is 4.81. The summed E-state index contributed by atoms with van der Waals surface area (Å²) in [7, 11) is 0. The fourth-order valence-corrected chi connectivity index (χ4v) is 3.69. The lowest BCUT2D eigenvalue weighted by Gasteiger charge is -2.37. The second-order valence-corrected chi connectivity index (χ2v) is 6.36. The highest BCUT2D eigenvalue weighted by Gasteiger charge is 2.40. The second kappa shape index (κ2) is 7.48. The van der Waals surface area contributed by atoms with Gasteiger partial charge in [-0.05, 0) is 16.7 Å². The standard InChI is InChI=1S/C23H18FN3O/c24-22-26-21(16-25-28)17-27(22)23(18-10-4-1-5-11-18,19-12-6-2-7-13-19)20-14-8-3-9-15-20/h1-17,28H. The highest BCUT2D eigenvalue weighted by atomic mass is 19.1. The van der Waals surface area contributed by atoms with Gasteiger partial charge in [0.2, 0.25) is 0 Å². The Morgan fingerprint density at radius 1 is 0.786 bits per heavy atom. The molecule has 0 atom stereocenters. The number of halogens is 1. The minimum Gasteiger partial charge on any atom is -0.411 e. The topological polar surface area (TPSA) is 50.4 Å². The zero-order valence-corrected chi connectivity index (χ0v) is 15.0. The van der Waals surface area contributed by atoms with Crippen LogP contribution in [0.4, 0.5) is 4.39 Å². The highest BCUT2D eigenvalue weighted by Crippen LogP contribution is 2.41. The normalized spacial score (nSPS) is 11.8. The number of hydrogen-bond donors (Lipinski definition) is 1. The van der Waals surface area contributed by atoms with Crippen LogP contribution in [-0.2, 0) is 5.54 Å². The molecule has 0 saturated carbocycles. The van der Waals surface area contributed by atoms with Crippen molar-refractivity contribution in [3.63, 3.8) is 0 Å². The molecule has 28 heavy (non-hydrogen) atoms. The molecule has 4 aromatic rings. The molecule has 0 radical (unpaired) electrons. The molecule has 0 amide bonds. The minimum atomic E-state index is -0.984. The van der Waals surface area contributed by atoms with Crippen LogP contribution in [0.5, 0.6) is 0 Å². The van der Waals surface area contributed by atoms with Gasteiger partial charge in [0, 0.05) is 6.20 Å². The SMILES string of the molecule is ON=Cc1cn(C(c2ccccc2)(c2ccccc2)c2ccccc2)c(F)n1. The molecule has 0 spiro atoms. The lowest BCUT2D eigenvalue weighted by atomic mass is 9.76. The van der Waals surface area contributed by atoms with Gasteiger partial charge in [-0.15, -0.1) is 0 Å². The van der Waals surface area contributed by atoms with Gasteiger partial charge in [0.15, 0.2) is 0 Å². The predicted octanol–water partition coefficient (Wildman–Crippen LogP) is 4.67. The Hall–Kier alpha value is -3.73. The van der Waals surface area contributed by atoms with Crippen molar-refractivity contribution in [2.24, 2.45) is 5.16 Å². The van der Waals surface area contributed by atoms with E-state index in [1.807, 2.05) is 91.0 Å². The van der Waals surface area contributed by atoms with Crippen molar-refractivity contribution in [3.8, 4) is 0 Å². The van der Waals surface area contributed by atoms with Crippen molar-refractivity contribution in [1.82, 2.24) is 9.55 Å². The molecule has 1 aromatic heterocycles. The summed E-state index contributed by atoms with van der Waals surface area (Å²) < 4.78 is 16.7. The van der Waals surface area contributed by atoms with Gasteiger partial charge >= 0.3 is 0 Å². The molecule has 4 rings (SSSR count). The molecular weight excluding hydrogens is 353 g/mol. The Bertz CT molecular complexity index is 980. The van der Waals surface area contributed by atoms with E-state index < -0.39 is 11.6 Å². The maximum Gasteiger partial charge on any atom is 0.291 e. The summed E-state index contributed by atoms with van der Waals surface area (Å²) in [6.45, 7) is 0. The first-order chi connectivity index (χ1) is 13.8. The molecule has 4 nitrogen and oxygen atoms in total. The number of hydrogen-bond acceptors (Lipinski definition) is 3. The van der Waals surface area contributed by atoms with E-state index >= 15 is 4.39 Å². The molecular formula is C23H18FN3O. The Morgan fingerprint density at radius 3 is 1.61 bits per heavy atom. The lowest BCUT2D eigenvalue weighted by molar-refractivity contribution is 0.321. The van der Waals surface area contributed by atoms with Crippen molar-refractivity contribution in [1.29, 1.82) is 0 Å². The van der Waals surface area contributed by atoms with Gasteiger partial charge in [-0.25, -0.2) is 4.98 Å². The van der Waals surface area contributed by atoms with Gasteiger partial charge in [0.05, 0.1) is 6.21 Å². The molecule has 0 aliphatic rings. The summed E-state index contributed by atoms with van der Waals surface area (Å²) in [6, 6.07) is 29.2. The van der Waals surface area contributed by atoms with Crippen LogP contribution >= 0.6 is 0 Å². The summed E-state index contributed by atoms with van der Waals surface area (Å²) in [4.78, 5) is 3.93. The highest BCUT2D eigenvalue weighted by molar-refractivity contribution is 5.76. The molecule has 1 N–H and O–H groups in total. The summed E-state index contributed by atoms with van der Waals surface area (Å²) in [5.41, 5.74) is 1.90. The van der Waals surface area contributed by atoms with E-state index in [1.165, 1.54) is 4.57 Å². The van der Waals surface area contributed by atoms with Crippen LogP contribution in [0.3, 0.4) is 0 Å². The maximum atomic E-state index is 15.2. The summed E-state index contributed by atoms with van der Waals surface area (Å²) >= 11 is 0. The Kier molecular flexibility index (Phi) is 4.72. The predicted molar refractivity (Wildman–Crippen MR) is 106 cm³/mol. The zero-order chi connectivity index (χ0) is 19.4. The molecule has 0 fully saturated rings. The molecule has 0 aliphatic carbocycles. The molecule has 0 bridgehead atoms. The first kappa shape index (κ1) is 17.7. The van der Waals surface area contributed by atoms with Crippen molar-refractivity contribution in [3.05, 3.63) is 126 Å². The molecule has 3 aromatic carbocycles. The summed E-state index contributed by atoms with van der Waals surface area (Å²) in [5, 5.41) is 11.9. The van der Waals surface area contributed by atoms with Gasteiger partial charge in [-0.3, -0.25) is 4.57 Å². The molecule has 1 heterocycles. The summed E-state index contributed by atoms with van der Waals surface area (Å²) in [5.74, 6) is 0. The largest absolute Gasteiger partial charge is 0.411 e. The smallest absolute Gasteiger partial charge is 0.291 e. The lowest BCUT2D eigenvalue weighted by Crippen LogP contribution is -2.38. The van der Waals surface area contributed by atoms with Gasteiger partial charge in [0.25, 0.3) is 6.08 Å². The molecule has 138 valence electrons. The second-order valence-electron chi connectivity index (χ2n) is 6.36. The van der Waals surface area contributed by atoms with E-state index in [-0.39, 0.29) is 5.69 Å². The summed E-state index contributed by atoms with van der Waals surface area (Å²) in [6.07, 6.45) is 2.00. The Morgan fingerprint density at radius 2 is 1.21 bits per heavy atom. The number of benzene rings is 3. The average Bonchev–Trinajstić information content (AvgIpc) is 3.12. The number of imidazole rings is 1. The quantitative estimate of drug-likeness (QED) is 0.240. The van der Waals surface area contributed by atoms with E-state index in [2.05, 4.69) is 10.1 Å². The first-order valence-corrected chi connectivity index (χ1v) is 8.86. The van der Waals surface area contributed by atoms with Gasteiger partial charge in [-0.1, -0.05) is 96.2 Å². The Labute approximate surface area is 162 Å². The number of nitrogens with zero attached hydrogens (tertiary/aromatic N) is 3. The monoisotopic (exact) mass is 371 g/mol. The maximum absolute atomic E-state index is 15.2. The third-order valence-corrected chi connectivity index (χ3v) is 4.81. The number of aromatic nitrogens is 2. The van der Waals surface area contributed by atoms with Crippen LogP contribution in [-0.4, -0.2) is 21.0 Å². The van der Waals surface area contributed by atoms with Crippen LogP contribution in [0.25, 0.3) is 0 Å². The minimum absolute atomic E-state index is 0.229. The number of rotatable bonds is 5. The fourth-order valence-electron chi connectivity index (χ4n) is 3.69. The number of oxime groups is 1. The van der Waals surface area contributed by atoms with Gasteiger partial charge in [-0.2, -0.15) is 4.39 Å². The van der Waals surface area contributed by atoms with Gasteiger partial charge in [0.1, 0.15) is 11.2 Å². The Balaban J connectivity index is 2.14.